The van der Waals surface area contributed by atoms with E-state index in [1.54, 1.807) is 24.3 Å². The van der Waals surface area contributed by atoms with E-state index in [9.17, 15) is 13.2 Å². The molecule has 4 rings (SSSR count). The van der Waals surface area contributed by atoms with Crippen molar-refractivity contribution in [3.8, 4) is 0 Å². The summed E-state index contributed by atoms with van der Waals surface area (Å²) in [6.07, 6.45) is 1.27. The molecule has 1 heterocycles. The molecule has 36 heavy (non-hydrogen) atoms. The number of carbonyl (C=O) groups excluding carboxylic acids is 1. The number of amides is 1. The third kappa shape index (κ3) is 5.86. The van der Waals surface area contributed by atoms with Crippen LogP contribution < -0.4 is 15.4 Å². The first-order valence-corrected chi connectivity index (χ1v) is 14.0. The molecule has 0 unspecified atom stereocenters. The van der Waals surface area contributed by atoms with Crippen LogP contribution in [0.25, 0.3) is 0 Å². The Morgan fingerprint density at radius 2 is 1.50 bits per heavy atom. The Morgan fingerprint density at radius 3 is 2.06 bits per heavy atom. The van der Waals surface area contributed by atoms with Gasteiger partial charge in [0.15, 0.2) is 0 Å². The van der Waals surface area contributed by atoms with E-state index in [4.69, 9.17) is 0 Å². The lowest BCUT2D eigenvalue weighted by molar-refractivity contribution is -0.125. The summed E-state index contributed by atoms with van der Waals surface area (Å²) in [7, 11) is -3.66. The second-order valence-corrected chi connectivity index (χ2v) is 11.3. The molecule has 0 radical (unpaired) electrons. The second-order valence-electron chi connectivity index (χ2n) is 9.61. The largest absolute Gasteiger partial charge is 0.355 e. The van der Waals surface area contributed by atoms with Crippen LogP contribution in [-0.2, 0) is 20.2 Å². The fourth-order valence-corrected chi connectivity index (χ4v) is 6.29. The third-order valence-corrected chi connectivity index (χ3v) is 8.73. The smallest absolute Gasteiger partial charge is 0.240 e. The summed E-state index contributed by atoms with van der Waals surface area (Å²) in [5.41, 5.74) is 2.96. The molecule has 3 N–H and O–H groups in total. The quantitative estimate of drug-likeness (QED) is 0.413. The lowest BCUT2D eigenvalue weighted by atomic mass is 9.72. The van der Waals surface area contributed by atoms with Crippen LogP contribution in [0.5, 0.6) is 0 Å². The Hall–Kier alpha value is -3.00. The van der Waals surface area contributed by atoms with Gasteiger partial charge in [-0.2, -0.15) is 0 Å². The molecule has 0 aromatic heterocycles. The molecule has 0 aliphatic carbocycles. The highest BCUT2D eigenvalue weighted by Crippen LogP contribution is 2.35. The normalized spacial score (nSPS) is 18.5. The van der Waals surface area contributed by atoms with Crippen molar-refractivity contribution in [3.05, 3.63) is 102 Å². The molecule has 2 atom stereocenters. The molecule has 3 aromatic carbocycles. The first kappa shape index (κ1) is 26.1. The maximum Gasteiger partial charge on any atom is 0.240 e. The molecule has 1 aliphatic rings. The number of rotatable bonds is 9. The number of benzene rings is 3. The second kappa shape index (κ2) is 11.4. The standard InChI is InChI=1S/C29H35N3O3S/c1-3-29(24-10-6-4-7-11-24,25-12-8-5-9-13-25)21-31-28(33)23-18-26(20-30-19-23)32-36(34,35)27-16-14-22(2)15-17-27/h4-17,23,26,30,32H,3,18-21H2,1-2H3,(H,31,33)/t23-,26+/m0/s1. The van der Waals surface area contributed by atoms with Crippen molar-refractivity contribution >= 4 is 15.9 Å². The van der Waals surface area contributed by atoms with Gasteiger partial charge < -0.3 is 10.6 Å². The third-order valence-electron chi connectivity index (χ3n) is 7.20. The van der Waals surface area contributed by atoms with Crippen LogP contribution in [-0.4, -0.2) is 40.0 Å². The highest BCUT2D eigenvalue weighted by atomic mass is 32.2. The van der Waals surface area contributed by atoms with Crippen LogP contribution in [0.2, 0.25) is 0 Å². The molecule has 0 bridgehead atoms. The van der Waals surface area contributed by atoms with E-state index in [-0.39, 0.29) is 28.2 Å². The van der Waals surface area contributed by atoms with Crippen molar-refractivity contribution in [3.63, 3.8) is 0 Å². The maximum atomic E-state index is 13.3. The molecular formula is C29H35N3O3S. The van der Waals surface area contributed by atoms with Crippen LogP contribution in [0.15, 0.2) is 89.8 Å². The van der Waals surface area contributed by atoms with Crippen LogP contribution in [0.4, 0.5) is 0 Å². The van der Waals surface area contributed by atoms with Crippen molar-refractivity contribution in [2.24, 2.45) is 5.92 Å². The Kier molecular flexibility index (Phi) is 8.24. The predicted octanol–water partition coefficient (Wildman–Crippen LogP) is 3.76. The van der Waals surface area contributed by atoms with E-state index in [1.807, 2.05) is 43.3 Å². The number of aryl methyl sites for hydroxylation is 1. The molecule has 1 aliphatic heterocycles. The van der Waals surface area contributed by atoms with Gasteiger partial charge in [0.1, 0.15) is 0 Å². The number of hydrogen-bond donors (Lipinski definition) is 3. The highest BCUT2D eigenvalue weighted by molar-refractivity contribution is 7.89. The van der Waals surface area contributed by atoms with Crippen molar-refractivity contribution in [1.29, 1.82) is 0 Å². The summed E-state index contributed by atoms with van der Waals surface area (Å²) in [5, 5.41) is 6.44. The van der Waals surface area contributed by atoms with E-state index in [1.165, 1.54) is 0 Å². The number of piperidine rings is 1. The van der Waals surface area contributed by atoms with E-state index >= 15 is 0 Å². The fourth-order valence-electron chi connectivity index (χ4n) is 5.04. The first-order chi connectivity index (χ1) is 17.3. The van der Waals surface area contributed by atoms with Crippen LogP contribution in [0, 0.1) is 12.8 Å². The SMILES string of the molecule is CCC(CNC(=O)[C@@H]1CNC[C@H](NS(=O)(=O)c2ccc(C)cc2)C1)(c1ccccc1)c1ccccc1. The van der Waals surface area contributed by atoms with Gasteiger partial charge in [-0.1, -0.05) is 85.3 Å². The minimum Gasteiger partial charge on any atom is -0.355 e. The summed E-state index contributed by atoms with van der Waals surface area (Å²) in [5.74, 6) is -0.392. The predicted molar refractivity (Wildman–Crippen MR) is 143 cm³/mol. The molecule has 0 spiro atoms. The Bertz CT molecular complexity index is 1210. The fraction of sp³-hybridized carbons (Fsp3) is 0.345. The van der Waals surface area contributed by atoms with Gasteiger partial charge in [0.25, 0.3) is 0 Å². The highest BCUT2D eigenvalue weighted by Gasteiger charge is 2.35. The molecule has 1 fully saturated rings. The van der Waals surface area contributed by atoms with Gasteiger partial charge in [-0.25, -0.2) is 13.1 Å². The summed E-state index contributed by atoms with van der Waals surface area (Å²) in [6, 6.07) is 27.0. The number of sulfonamides is 1. The Balaban J connectivity index is 1.46. The van der Waals surface area contributed by atoms with Gasteiger partial charge in [-0.05, 0) is 43.0 Å². The van der Waals surface area contributed by atoms with Gasteiger partial charge in [0, 0.05) is 31.1 Å². The van der Waals surface area contributed by atoms with Crippen molar-refractivity contribution in [2.75, 3.05) is 19.6 Å². The van der Waals surface area contributed by atoms with Gasteiger partial charge in [0.2, 0.25) is 15.9 Å². The minimum absolute atomic E-state index is 0.0635. The number of carbonyl (C=O) groups is 1. The Morgan fingerprint density at radius 1 is 0.917 bits per heavy atom. The van der Waals surface area contributed by atoms with Gasteiger partial charge in [0.05, 0.1) is 10.8 Å². The minimum atomic E-state index is -3.66. The summed E-state index contributed by atoms with van der Waals surface area (Å²) in [4.78, 5) is 13.5. The van der Waals surface area contributed by atoms with Crippen molar-refractivity contribution in [2.45, 2.75) is 43.0 Å². The van der Waals surface area contributed by atoms with Crippen molar-refractivity contribution < 1.29 is 13.2 Å². The maximum absolute atomic E-state index is 13.3. The Labute approximate surface area is 214 Å². The zero-order valence-corrected chi connectivity index (χ0v) is 21.7. The summed E-state index contributed by atoms with van der Waals surface area (Å²) in [6.45, 7) is 5.53. The monoisotopic (exact) mass is 505 g/mol. The van der Waals surface area contributed by atoms with Crippen LogP contribution >= 0.6 is 0 Å². The van der Waals surface area contributed by atoms with Gasteiger partial charge in [-0.3, -0.25) is 4.79 Å². The lowest BCUT2D eigenvalue weighted by Gasteiger charge is -2.36. The van der Waals surface area contributed by atoms with Gasteiger partial charge >= 0.3 is 0 Å². The van der Waals surface area contributed by atoms with E-state index in [0.717, 1.165) is 23.1 Å². The van der Waals surface area contributed by atoms with E-state index < -0.39 is 10.0 Å². The van der Waals surface area contributed by atoms with Crippen LogP contribution in [0.1, 0.15) is 36.5 Å². The van der Waals surface area contributed by atoms with Gasteiger partial charge in [-0.15, -0.1) is 0 Å². The zero-order chi connectivity index (χ0) is 25.6. The number of hydrogen-bond acceptors (Lipinski definition) is 4. The molecule has 6 nitrogen and oxygen atoms in total. The number of nitrogens with one attached hydrogen (secondary N) is 3. The molecule has 1 saturated heterocycles. The molecule has 7 heteroatoms. The van der Waals surface area contributed by atoms with E-state index in [2.05, 4.69) is 46.5 Å². The topological polar surface area (TPSA) is 87.3 Å². The first-order valence-electron chi connectivity index (χ1n) is 12.5. The molecular weight excluding hydrogens is 470 g/mol. The molecule has 190 valence electrons. The van der Waals surface area contributed by atoms with E-state index in [0.29, 0.717) is 26.1 Å². The summed E-state index contributed by atoms with van der Waals surface area (Å²) >= 11 is 0. The molecule has 3 aromatic rings. The zero-order valence-electron chi connectivity index (χ0n) is 20.9. The average Bonchev–Trinajstić information content (AvgIpc) is 2.90. The lowest BCUT2D eigenvalue weighted by Crippen LogP contribution is -2.53. The molecule has 1 amide bonds. The average molecular weight is 506 g/mol. The van der Waals surface area contributed by atoms with Crippen molar-refractivity contribution in [1.82, 2.24) is 15.4 Å². The summed E-state index contributed by atoms with van der Waals surface area (Å²) < 4.78 is 28.5. The van der Waals surface area contributed by atoms with Crippen LogP contribution in [0.3, 0.4) is 0 Å². The molecule has 0 saturated carbocycles.